The van der Waals surface area contributed by atoms with Crippen LogP contribution >= 0.6 is 0 Å². The molecule has 2 aromatic rings. The molecule has 4 nitrogen and oxygen atoms in total. The first-order valence-corrected chi connectivity index (χ1v) is 5.91. The van der Waals surface area contributed by atoms with Crippen LogP contribution in [0.4, 0.5) is 0 Å². The second kappa shape index (κ2) is 4.64. The molecule has 1 heterocycles. The number of benzene rings is 1. The van der Waals surface area contributed by atoms with Gasteiger partial charge in [-0.2, -0.15) is 5.10 Å². The Balaban J connectivity index is 2.54. The fourth-order valence-electron chi connectivity index (χ4n) is 2.06. The maximum absolute atomic E-state index is 11.1. The molecular formula is C14H16N2O2. The van der Waals surface area contributed by atoms with Crippen LogP contribution in [0.15, 0.2) is 24.3 Å². The topological polar surface area (TPSA) is 55.1 Å². The van der Waals surface area contributed by atoms with Gasteiger partial charge in [0.15, 0.2) is 0 Å². The molecule has 0 spiro atoms. The number of hydrogen-bond donors (Lipinski definition) is 1. The van der Waals surface area contributed by atoms with Crippen molar-refractivity contribution < 1.29 is 9.90 Å². The highest BCUT2D eigenvalue weighted by atomic mass is 16.4. The number of aromatic carboxylic acids is 1. The third-order valence-corrected chi connectivity index (χ3v) is 2.96. The molecule has 0 unspecified atom stereocenters. The average molecular weight is 244 g/mol. The zero-order valence-electron chi connectivity index (χ0n) is 10.8. The van der Waals surface area contributed by atoms with Crippen LogP contribution in [-0.2, 0) is 6.54 Å². The maximum atomic E-state index is 11.1. The predicted octanol–water partition coefficient (Wildman–Crippen LogP) is 2.89. The first kappa shape index (κ1) is 12.4. The molecule has 0 saturated carbocycles. The quantitative estimate of drug-likeness (QED) is 0.903. The minimum Gasteiger partial charge on any atom is -0.477 e. The number of aromatic nitrogens is 2. The zero-order chi connectivity index (χ0) is 13.3. The molecule has 4 heteroatoms. The predicted molar refractivity (Wildman–Crippen MR) is 69.8 cm³/mol. The standard InChI is InChI=1S/C14H16N2O2/c1-4-16-13(14(17)18)8-12(15-16)11-6-5-9(2)7-10(11)3/h5-8H,4H2,1-3H3,(H,17,18). The Labute approximate surface area is 106 Å². The van der Waals surface area contributed by atoms with Crippen LogP contribution in [0, 0.1) is 13.8 Å². The van der Waals surface area contributed by atoms with Crippen molar-refractivity contribution in [2.24, 2.45) is 0 Å². The molecule has 0 aliphatic heterocycles. The van der Waals surface area contributed by atoms with Crippen LogP contribution in [0.1, 0.15) is 28.5 Å². The molecule has 1 aromatic heterocycles. The average Bonchev–Trinajstić information content (AvgIpc) is 2.73. The van der Waals surface area contributed by atoms with Crippen LogP contribution in [0.2, 0.25) is 0 Å². The third kappa shape index (κ3) is 2.14. The molecule has 0 radical (unpaired) electrons. The fraction of sp³-hybridized carbons (Fsp3) is 0.286. The summed E-state index contributed by atoms with van der Waals surface area (Å²) in [4.78, 5) is 11.1. The van der Waals surface area contributed by atoms with Crippen LogP contribution < -0.4 is 0 Å². The van der Waals surface area contributed by atoms with Gasteiger partial charge in [-0.3, -0.25) is 4.68 Å². The molecule has 0 bridgehead atoms. The highest BCUT2D eigenvalue weighted by Gasteiger charge is 2.15. The molecule has 0 aliphatic rings. The van der Waals surface area contributed by atoms with E-state index in [1.165, 1.54) is 10.2 Å². The molecule has 18 heavy (non-hydrogen) atoms. The van der Waals surface area contributed by atoms with Gasteiger partial charge in [-0.15, -0.1) is 0 Å². The van der Waals surface area contributed by atoms with E-state index in [0.29, 0.717) is 12.2 Å². The van der Waals surface area contributed by atoms with Gasteiger partial charge in [-0.1, -0.05) is 23.8 Å². The van der Waals surface area contributed by atoms with Crippen LogP contribution in [0.25, 0.3) is 11.3 Å². The van der Waals surface area contributed by atoms with Gasteiger partial charge in [-0.25, -0.2) is 4.79 Å². The Kier molecular flexibility index (Phi) is 3.19. The Bertz CT molecular complexity index is 600. The summed E-state index contributed by atoms with van der Waals surface area (Å²) in [7, 11) is 0. The number of hydrogen-bond acceptors (Lipinski definition) is 2. The molecular weight excluding hydrogens is 228 g/mol. The van der Waals surface area contributed by atoms with Crippen LogP contribution in [0.3, 0.4) is 0 Å². The van der Waals surface area contributed by atoms with Crippen molar-refractivity contribution in [2.75, 3.05) is 0 Å². The number of carbonyl (C=O) groups is 1. The van der Waals surface area contributed by atoms with Gasteiger partial charge in [0.05, 0.1) is 5.69 Å². The second-order valence-corrected chi connectivity index (χ2v) is 4.35. The lowest BCUT2D eigenvalue weighted by molar-refractivity contribution is 0.0683. The van der Waals surface area contributed by atoms with E-state index in [1.807, 2.05) is 32.9 Å². The van der Waals surface area contributed by atoms with Crippen molar-refractivity contribution in [3.8, 4) is 11.3 Å². The van der Waals surface area contributed by atoms with E-state index < -0.39 is 5.97 Å². The van der Waals surface area contributed by atoms with E-state index in [9.17, 15) is 4.79 Å². The Morgan fingerprint density at radius 1 is 1.33 bits per heavy atom. The van der Waals surface area contributed by atoms with Crippen molar-refractivity contribution in [3.63, 3.8) is 0 Å². The molecule has 0 amide bonds. The summed E-state index contributed by atoms with van der Waals surface area (Å²) in [6.07, 6.45) is 0. The van der Waals surface area contributed by atoms with Crippen molar-refractivity contribution in [2.45, 2.75) is 27.3 Å². The van der Waals surface area contributed by atoms with Crippen molar-refractivity contribution >= 4 is 5.97 Å². The molecule has 0 saturated heterocycles. The summed E-state index contributed by atoms with van der Waals surface area (Å²) < 4.78 is 1.51. The Morgan fingerprint density at radius 3 is 2.56 bits per heavy atom. The summed E-state index contributed by atoms with van der Waals surface area (Å²) >= 11 is 0. The zero-order valence-corrected chi connectivity index (χ0v) is 10.8. The second-order valence-electron chi connectivity index (χ2n) is 4.35. The van der Waals surface area contributed by atoms with Crippen LogP contribution in [-0.4, -0.2) is 20.9 Å². The van der Waals surface area contributed by atoms with E-state index in [-0.39, 0.29) is 5.69 Å². The lowest BCUT2D eigenvalue weighted by Crippen LogP contribution is -2.08. The summed E-state index contributed by atoms with van der Waals surface area (Å²) in [5.74, 6) is -0.944. The Morgan fingerprint density at radius 2 is 2.06 bits per heavy atom. The van der Waals surface area contributed by atoms with Gasteiger partial charge in [-0.05, 0) is 32.4 Å². The number of nitrogens with zero attached hydrogens (tertiary/aromatic N) is 2. The first-order valence-electron chi connectivity index (χ1n) is 5.91. The van der Waals surface area contributed by atoms with Gasteiger partial charge >= 0.3 is 5.97 Å². The van der Waals surface area contributed by atoms with E-state index in [0.717, 1.165) is 11.1 Å². The van der Waals surface area contributed by atoms with Crippen molar-refractivity contribution in [3.05, 3.63) is 41.1 Å². The largest absolute Gasteiger partial charge is 0.477 e. The maximum Gasteiger partial charge on any atom is 0.354 e. The monoisotopic (exact) mass is 244 g/mol. The summed E-state index contributed by atoms with van der Waals surface area (Å²) in [5.41, 5.74) is 4.21. The summed E-state index contributed by atoms with van der Waals surface area (Å²) in [6, 6.07) is 7.69. The lowest BCUT2D eigenvalue weighted by Gasteiger charge is -2.03. The van der Waals surface area contributed by atoms with Gasteiger partial charge in [0, 0.05) is 12.1 Å². The first-order chi connectivity index (χ1) is 8.52. The van der Waals surface area contributed by atoms with Gasteiger partial charge in [0.25, 0.3) is 0 Å². The smallest absolute Gasteiger partial charge is 0.354 e. The molecule has 0 fully saturated rings. The van der Waals surface area contributed by atoms with E-state index in [1.54, 1.807) is 6.07 Å². The number of aryl methyl sites for hydroxylation is 3. The van der Waals surface area contributed by atoms with Crippen LogP contribution in [0.5, 0.6) is 0 Å². The third-order valence-electron chi connectivity index (χ3n) is 2.96. The number of carboxylic acids is 1. The molecule has 0 aliphatic carbocycles. The number of rotatable bonds is 3. The Hall–Kier alpha value is -2.10. The minimum atomic E-state index is -0.944. The molecule has 2 rings (SSSR count). The van der Waals surface area contributed by atoms with Crippen molar-refractivity contribution in [1.82, 2.24) is 9.78 Å². The summed E-state index contributed by atoms with van der Waals surface area (Å²) in [5, 5.41) is 13.5. The van der Waals surface area contributed by atoms with Gasteiger partial charge in [0.2, 0.25) is 0 Å². The summed E-state index contributed by atoms with van der Waals surface area (Å²) in [6.45, 7) is 6.47. The normalized spacial score (nSPS) is 10.6. The molecule has 1 aromatic carbocycles. The number of carboxylic acid groups (broad SMARTS) is 1. The highest BCUT2D eigenvalue weighted by molar-refractivity contribution is 5.87. The van der Waals surface area contributed by atoms with E-state index in [2.05, 4.69) is 11.2 Å². The van der Waals surface area contributed by atoms with Crippen molar-refractivity contribution in [1.29, 1.82) is 0 Å². The molecule has 94 valence electrons. The highest BCUT2D eigenvalue weighted by Crippen LogP contribution is 2.24. The molecule has 1 N–H and O–H groups in total. The minimum absolute atomic E-state index is 0.229. The van der Waals surface area contributed by atoms with Gasteiger partial charge in [0.1, 0.15) is 5.69 Å². The SMILES string of the molecule is CCn1nc(-c2ccc(C)cc2C)cc1C(=O)O. The fourth-order valence-corrected chi connectivity index (χ4v) is 2.06. The van der Waals surface area contributed by atoms with E-state index in [4.69, 9.17) is 5.11 Å². The molecule has 0 atom stereocenters. The van der Waals surface area contributed by atoms with E-state index >= 15 is 0 Å². The van der Waals surface area contributed by atoms with Gasteiger partial charge < -0.3 is 5.11 Å². The lowest BCUT2D eigenvalue weighted by atomic mass is 10.0.